The molecule has 0 fully saturated rings. The van der Waals surface area contributed by atoms with Crippen molar-refractivity contribution in [2.75, 3.05) is 5.32 Å². The van der Waals surface area contributed by atoms with Crippen LogP contribution in [0.2, 0.25) is 5.02 Å². The number of anilines is 1. The van der Waals surface area contributed by atoms with Crippen molar-refractivity contribution in [3.63, 3.8) is 0 Å². The van der Waals surface area contributed by atoms with Crippen LogP contribution in [-0.2, 0) is 4.79 Å². The fraction of sp³-hybridized carbons (Fsp3) is 0. The van der Waals surface area contributed by atoms with Gasteiger partial charge in [0.15, 0.2) is 0 Å². The Hall–Kier alpha value is -2.32. The van der Waals surface area contributed by atoms with Crippen LogP contribution in [0.3, 0.4) is 0 Å². The van der Waals surface area contributed by atoms with E-state index in [1.807, 2.05) is 54.6 Å². The first-order chi connectivity index (χ1) is 9.74. The van der Waals surface area contributed by atoms with E-state index in [0.29, 0.717) is 10.6 Å². The maximum absolute atomic E-state index is 11.9. The number of carbonyl (C=O) groups excluding carboxylic acids is 1. The molecule has 0 saturated carbocycles. The largest absolute Gasteiger partial charge is 0.321 e. The molecule has 0 bridgehead atoms. The van der Waals surface area contributed by atoms with E-state index in [-0.39, 0.29) is 5.91 Å². The van der Waals surface area contributed by atoms with Crippen molar-refractivity contribution in [3.8, 4) is 0 Å². The van der Waals surface area contributed by atoms with E-state index < -0.39 is 0 Å². The Morgan fingerprint density at radius 2 is 1.85 bits per heavy atom. The second kappa shape index (κ2) is 5.35. The SMILES string of the molecule is O=C1Nc2ccc(Cl)cc2/C1=C/C=C/c1ccccc1. The molecule has 2 nitrogen and oxygen atoms in total. The molecule has 1 heterocycles. The van der Waals surface area contributed by atoms with Gasteiger partial charge in [-0.05, 0) is 29.8 Å². The topological polar surface area (TPSA) is 29.1 Å². The molecule has 2 aromatic rings. The lowest BCUT2D eigenvalue weighted by atomic mass is 10.1. The monoisotopic (exact) mass is 281 g/mol. The van der Waals surface area contributed by atoms with Gasteiger partial charge in [0.05, 0.1) is 0 Å². The number of nitrogens with one attached hydrogen (secondary N) is 1. The first kappa shape index (κ1) is 12.7. The van der Waals surface area contributed by atoms with Gasteiger partial charge in [-0.25, -0.2) is 0 Å². The highest BCUT2D eigenvalue weighted by atomic mass is 35.5. The van der Waals surface area contributed by atoms with Gasteiger partial charge in [-0.15, -0.1) is 0 Å². The first-order valence-electron chi connectivity index (χ1n) is 6.29. The van der Waals surface area contributed by atoms with E-state index in [1.54, 1.807) is 12.1 Å². The van der Waals surface area contributed by atoms with Crippen LogP contribution in [0.25, 0.3) is 11.6 Å². The second-order valence-corrected chi connectivity index (χ2v) is 4.93. The van der Waals surface area contributed by atoms with Crippen LogP contribution in [0.4, 0.5) is 5.69 Å². The quantitative estimate of drug-likeness (QED) is 0.813. The molecule has 98 valence electrons. The van der Waals surface area contributed by atoms with E-state index in [1.165, 1.54) is 0 Å². The third-order valence-corrected chi connectivity index (χ3v) is 3.35. The summed E-state index contributed by atoms with van der Waals surface area (Å²) in [5.41, 5.74) is 3.38. The smallest absolute Gasteiger partial charge is 0.256 e. The minimum atomic E-state index is -0.0972. The van der Waals surface area contributed by atoms with Crippen LogP contribution in [0.5, 0.6) is 0 Å². The predicted molar refractivity (Wildman–Crippen MR) is 83.5 cm³/mol. The van der Waals surface area contributed by atoms with Gasteiger partial charge in [0, 0.05) is 21.8 Å². The van der Waals surface area contributed by atoms with Crippen LogP contribution in [0.1, 0.15) is 11.1 Å². The van der Waals surface area contributed by atoms with Crippen molar-refractivity contribution in [2.45, 2.75) is 0 Å². The second-order valence-electron chi connectivity index (χ2n) is 4.49. The molecule has 0 aromatic heterocycles. The summed E-state index contributed by atoms with van der Waals surface area (Å²) in [6, 6.07) is 15.3. The van der Waals surface area contributed by atoms with E-state index in [2.05, 4.69) is 5.32 Å². The Balaban J connectivity index is 1.91. The van der Waals surface area contributed by atoms with Crippen LogP contribution in [0.15, 0.2) is 60.7 Å². The maximum Gasteiger partial charge on any atom is 0.256 e. The molecule has 0 radical (unpaired) electrons. The number of amides is 1. The highest BCUT2D eigenvalue weighted by Crippen LogP contribution is 2.33. The highest BCUT2D eigenvalue weighted by Gasteiger charge is 2.23. The molecule has 0 spiro atoms. The average molecular weight is 282 g/mol. The Kier molecular flexibility index (Phi) is 3.40. The molecule has 0 unspecified atom stereocenters. The molecule has 2 aromatic carbocycles. The highest BCUT2D eigenvalue weighted by molar-refractivity contribution is 6.34. The summed E-state index contributed by atoms with van der Waals surface area (Å²) >= 11 is 5.98. The lowest BCUT2D eigenvalue weighted by Gasteiger charge is -1.97. The molecular weight excluding hydrogens is 270 g/mol. The van der Waals surface area contributed by atoms with Crippen LogP contribution in [0, 0.1) is 0 Å². The van der Waals surface area contributed by atoms with Gasteiger partial charge >= 0.3 is 0 Å². The van der Waals surface area contributed by atoms with E-state index in [4.69, 9.17) is 11.6 Å². The van der Waals surface area contributed by atoms with Gasteiger partial charge < -0.3 is 5.32 Å². The summed E-state index contributed by atoms with van der Waals surface area (Å²) in [7, 11) is 0. The van der Waals surface area contributed by atoms with Crippen molar-refractivity contribution < 1.29 is 4.79 Å². The van der Waals surface area contributed by atoms with Crippen LogP contribution < -0.4 is 5.32 Å². The standard InChI is InChI=1S/C17H12ClNO/c18-13-9-10-16-15(11-13)14(17(20)19-16)8-4-7-12-5-2-1-3-6-12/h1-11H,(H,19,20)/b7-4+,14-8-. The minimum absolute atomic E-state index is 0.0972. The van der Waals surface area contributed by atoms with Gasteiger partial charge in [-0.3, -0.25) is 4.79 Å². The number of carbonyl (C=O) groups is 1. The fourth-order valence-corrected chi connectivity index (χ4v) is 2.32. The Morgan fingerprint density at radius 3 is 2.65 bits per heavy atom. The maximum atomic E-state index is 11.9. The third kappa shape index (κ3) is 2.51. The number of rotatable bonds is 2. The van der Waals surface area contributed by atoms with Crippen molar-refractivity contribution >= 4 is 34.8 Å². The van der Waals surface area contributed by atoms with Crippen molar-refractivity contribution in [1.82, 2.24) is 0 Å². The van der Waals surface area contributed by atoms with E-state index in [9.17, 15) is 4.79 Å². The number of fused-ring (bicyclic) bond motifs is 1. The summed E-state index contributed by atoms with van der Waals surface area (Å²) in [5.74, 6) is -0.0972. The Bertz CT molecular complexity index is 717. The number of hydrogen-bond acceptors (Lipinski definition) is 1. The molecule has 0 atom stereocenters. The van der Waals surface area contributed by atoms with Crippen molar-refractivity contribution in [2.24, 2.45) is 0 Å². The fourth-order valence-electron chi connectivity index (χ4n) is 2.15. The summed E-state index contributed by atoms with van der Waals surface area (Å²) in [6.45, 7) is 0. The number of hydrogen-bond donors (Lipinski definition) is 1. The van der Waals surface area contributed by atoms with Crippen LogP contribution in [-0.4, -0.2) is 5.91 Å². The molecule has 3 rings (SSSR count). The molecule has 1 amide bonds. The predicted octanol–water partition coefficient (Wildman–Crippen LogP) is 4.39. The van der Waals surface area contributed by atoms with Crippen LogP contribution >= 0.6 is 11.6 Å². The Morgan fingerprint density at radius 1 is 1.05 bits per heavy atom. The zero-order chi connectivity index (χ0) is 13.9. The van der Waals surface area contributed by atoms with Gasteiger partial charge in [0.25, 0.3) is 5.91 Å². The molecule has 1 aliphatic heterocycles. The molecule has 20 heavy (non-hydrogen) atoms. The molecular formula is C17H12ClNO. The zero-order valence-electron chi connectivity index (χ0n) is 10.6. The Labute approximate surface area is 122 Å². The minimum Gasteiger partial charge on any atom is -0.321 e. The lowest BCUT2D eigenvalue weighted by molar-refractivity contribution is -0.110. The van der Waals surface area contributed by atoms with E-state index >= 15 is 0 Å². The van der Waals surface area contributed by atoms with Gasteiger partial charge in [0.2, 0.25) is 0 Å². The number of halogens is 1. The number of allylic oxidation sites excluding steroid dienone is 2. The normalized spacial score (nSPS) is 15.7. The van der Waals surface area contributed by atoms with Gasteiger partial charge in [-0.2, -0.15) is 0 Å². The van der Waals surface area contributed by atoms with Crippen molar-refractivity contribution in [3.05, 3.63) is 76.8 Å². The first-order valence-corrected chi connectivity index (χ1v) is 6.66. The molecule has 0 saturated heterocycles. The summed E-state index contributed by atoms with van der Waals surface area (Å²) in [4.78, 5) is 11.9. The van der Waals surface area contributed by atoms with Gasteiger partial charge in [-0.1, -0.05) is 54.1 Å². The van der Waals surface area contributed by atoms with Crippen molar-refractivity contribution in [1.29, 1.82) is 0 Å². The molecule has 1 aliphatic rings. The zero-order valence-corrected chi connectivity index (χ0v) is 11.4. The summed E-state index contributed by atoms with van der Waals surface area (Å²) in [5, 5.41) is 3.45. The summed E-state index contributed by atoms with van der Waals surface area (Å²) < 4.78 is 0. The molecule has 1 N–H and O–H groups in total. The van der Waals surface area contributed by atoms with E-state index in [0.717, 1.165) is 16.8 Å². The molecule has 3 heteroatoms. The van der Waals surface area contributed by atoms with Gasteiger partial charge in [0.1, 0.15) is 0 Å². The molecule has 0 aliphatic carbocycles. The lowest BCUT2D eigenvalue weighted by Crippen LogP contribution is -2.03. The average Bonchev–Trinajstić information content (AvgIpc) is 2.76. The number of benzene rings is 2. The summed E-state index contributed by atoms with van der Waals surface area (Å²) in [6.07, 6.45) is 5.65. The third-order valence-electron chi connectivity index (χ3n) is 3.12.